The Labute approximate surface area is 201 Å². The Kier molecular flexibility index (Phi) is 6.70. The van der Waals surface area contributed by atoms with Crippen LogP contribution in [0, 0.1) is 12.7 Å². The maximum absolute atomic E-state index is 14.4. The molecule has 4 rings (SSSR count). The lowest BCUT2D eigenvalue weighted by atomic mass is 10.1. The van der Waals surface area contributed by atoms with Crippen molar-refractivity contribution >= 4 is 46.4 Å². The Morgan fingerprint density at radius 3 is 2.65 bits per heavy atom. The first-order valence-corrected chi connectivity index (χ1v) is 10.9. The highest BCUT2D eigenvalue weighted by Gasteiger charge is 2.14. The van der Waals surface area contributed by atoms with E-state index in [1.807, 2.05) is 37.3 Å². The zero-order valence-electron chi connectivity index (χ0n) is 18.7. The number of nitrogens with zero attached hydrogens (tertiary/aromatic N) is 2. The van der Waals surface area contributed by atoms with E-state index < -0.39 is 0 Å². The lowest BCUT2D eigenvalue weighted by Gasteiger charge is -2.16. The maximum Gasteiger partial charge on any atom is 0.211 e. The predicted octanol–water partition coefficient (Wildman–Crippen LogP) is 5.64. The fraction of sp³-hybridized carbons (Fsp3) is 0.120. The quantitative estimate of drug-likeness (QED) is 0.194. The second-order valence-electron chi connectivity index (χ2n) is 7.79. The fourth-order valence-electron chi connectivity index (χ4n) is 3.69. The number of aryl methyl sites for hydroxylation is 1. The number of nitrogen functional groups attached to an aromatic ring is 1. The van der Waals surface area contributed by atoms with Crippen molar-refractivity contribution in [1.29, 1.82) is 0 Å². The van der Waals surface area contributed by atoms with Gasteiger partial charge in [-0.25, -0.2) is 4.39 Å². The minimum absolute atomic E-state index is 0.271. The number of nitrogens with two attached hydrogens (primary N) is 1. The van der Waals surface area contributed by atoms with Gasteiger partial charge in [0.05, 0.1) is 40.0 Å². The summed E-state index contributed by atoms with van der Waals surface area (Å²) in [5.41, 5.74) is 12.3. The third-order valence-corrected chi connectivity index (χ3v) is 5.77. The monoisotopic (exact) mass is 478 g/mol. The molecular weight excluding hydrogens is 455 g/mol. The first-order chi connectivity index (χ1) is 16.4. The van der Waals surface area contributed by atoms with Crippen LogP contribution >= 0.6 is 11.6 Å². The second kappa shape index (κ2) is 9.84. The molecule has 0 bridgehead atoms. The number of rotatable bonds is 8. The zero-order valence-corrected chi connectivity index (χ0v) is 19.4. The number of benzene rings is 3. The Morgan fingerprint density at radius 2 is 1.91 bits per heavy atom. The van der Waals surface area contributed by atoms with Crippen LogP contribution in [0.1, 0.15) is 11.1 Å². The summed E-state index contributed by atoms with van der Waals surface area (Å²) in [6.45, 7) is 2.12. The largest absolute Gasteiger partial charge is 0.396 e. The molecule has 9 heteroatoms. The van der Waals surface area contributed by atoms with Crippen LogP contribution in [0.25, 0.3) is 11.3 Å². The molecule has 3 aromatic carbocycles. The Morgan fingerprint density at radius 1 is 1.09 bits per heavy atom. The summed E-state index contributed by atoms with van der Waals surface area (Å²) in [7, 11) is 1.76. The molecule has 0 atom stereocenters. The van der Waals surface area contributed by atoms with Crippen molar-refractivity contribution in [3.8, 4) is 11.3 Å². The van der Waals surface area contributed by atoms with Crippen molar-refractivity contribution in [2.75, 3.05) is 28.7 Å². The predicted molar refractivity (Wildman–Crippen MR) is 136 cm³/mol. The first kappa shape index (κ1) is 23.1. The summed E-state index contributed by atoms with van der Waals surface area (Å²) in [4.78, 5) is 10.8. The van der Waals surface area contributed by atoms with Gasteiger partial charge in [0.25, 0.3) is 0 Å². The van der Waals surface area contributed by atoms with E-state index in [-0.39, 0.29) is 12.4 Å². The number of carbonyl (C=O) groups is 1. The molecule has 7 nitrogen and oxygen atoms in total. The number of amides is 1. The minimum Gasteiger partial charge on any atom is -0.396 e. The normalized spacial score (nSPS) is 10.7. The summed E-state index contributed by atoms with van der Waals surface area (Å²) >= 11 is 6.47. The first-order valence-electron chi connectivity index (χ1n) is 10.5. The van der Waals surface area contributed by atoms with Gasteiger partial charge in [0.15, 0.2) is 0 Å². The molecule has 0 spiro atoms. The van der Waals surface area contributed by atoms with Gasteiger partial charge in [-0.05, 0) is 55.0 Å². The number of hydrogen-bond acceptors (Lipinski definition) is 5. The van der Waals surface area contributed by atoms with Gasteiger partial charge in [0, 0.05) is 30.1 Å². The SMILES string of the molecule is CNc1cc(Nc2cc(-c3ccnn3Cc3ccc(C)cc3F)cc(Cl)c2N)ccc1NC=O. The molecule has 0 saturated heterocycles. The van der Waals surface area contributed by atoms with Crippen molar-refractivity contribution in [3.05, 3.63) is 82.8 Å². The van der Waals surface area contributed by atoms with Gasteiger partial charge in [0.1, 0.15) is 5.82 Å². The molecule has 1 aromatic heterocycles. The highest BCUT2D eigenvalue weighted by molar-refractivity contribution is 6.34. The zero-order chi connectivity index (χ0) is 24.2. The van der Waals surface area contributed by atoms with Gasteiger partial charge in [0.2, 0.25) is 6.41 Å². The molecule has 0 aliphatic rings. The molecule has 0 radical (unpaired) electrons. The van der Waals surface area contributed by atoms with Crippen LogP contribution in [0.4, 0.5) is 32.8 Å². The maximum atomic E-state index is 14.4. The lowest BCUT2D eigenvalue weighted by molar-refractivity contribution is -0.105. The van der Waals surface area contributed by atoms with E-state index in [9.17, 15) is 9.18 Å². The molecule has 5 N–H and O–H groups in total. The average Bonchev–Trinajstić information content (AvgIpc) is 3.28. The van der Waals surface area contributed by atoms with E-state index in [2.05, 4.69) is 21.0 Å². The van der Waals surface area contributed by atoms with Gasteiger partial charge >= 0.3 is 0 Å². The lowest BCUT2D eigenvalue weighted by Crippen LogP contribution is -2.06. The second-order valence-corrected chi connectivity index (χ2v) is 8.19. The van der Waals surface area contributed by atoms with Crippen molar-refractivity contribution < 1.29 is 9.18 Å². The van der Waals surface area contributed by atoms with Crippen LogP contribution in [0.5, 0.6) is 0 Å². The van der Waals surface area contributed by atoms with Crippen molar-refractivity contribution in [2.24, 2.45) is 0 Å². The van der Waals surface area contributed by atoms with Gasteiger partial charge < -0.3 is 21.7 Å². The Bertz CT molecular complexity index is 1350. The topological polar surface area (TPSA) is 97.0 Å². The molecule has 1 amide bonds. The van der Waals surface area contributed by atoms with Gasteiger partial charge in [-0.2, -0.15) is 5.10 Å². The summed E-state index contributed by atoms with van der Waals surface area (Å²) in [5.74, 6) is -0.271. The number of nitrogens with one attached hydrogen (secondary N) is 3. The number of carbonyl (C=O) groups excluding carboxylic acids is 1. The summed E-state index contributed by atoms with van der Waals surface area (Å²) in [6.07, 6.45) is 2.28. The van der Waals surface area contributed by atoms with Crippen LogP contribution in [0.2, 0.25) is 5.02 Å². The van der Waals surface area contributed by atoms with Crippen LogP contribution in [0.15, 0.2) is 60.8 Å². The number of aromatic nitrogens is 2. The highest BCUT2D eigenvalue weighted by Crippen LogP contribution is 2.36. The molecule has 0 fully saturated rings. The van der Waals surface area contributed by atoms with Crippen molar-refractivity contribution in [3.63, 3.8) is 0 Å². The van der Waals surface area contributed by atoms with E-state index in [1.54, 1.807) is 36.1 Å². The van der Waals surface area contributed by atoms with E-state index in [1.165, 1.54) is 6.07 Å². The van der Waals surface area contributed by atoms with Crippen molar-refractivity contribution in [2.45, 2.75) is 13.5 Å². The molecule has 0 aliphatic heterocycles. The number of halogens is 2. The summed E-state index contributed by atoms with van der Waals surface area (Å²) in [5, 5.41) is 13.7. The Hall–Kier alpha value is -4.04. The third-order valence-electron chi connectivity index (χ3n) is 5.45. The van der Waals surface area contributed by atoms with E-state index >= 15 is 0 Å². The molecule has 174 valence electrons. The molecule has 0 aliphatic carbocycles. The van der Waals surface area contributed by atoms with Crippen LogP contribution in [0.3, 0.4) is 0 Å². The number of hydrogen-bond donors (Lipinski definition) is 4. The van der Waals surface area contributed by atoms with E-state index in [4.69, 9.17) is 17.3 Å². The van der Waals surface area contributed by atoms with Crippen LogP contribution in [-0.4, -0.2) is 23.2 Å². The molecule has 1 heterocycles. The molecule has 0 unspecified atom stereocenters. The summed E-state index contributed by atoms with van der Waals surface area (Å²) in [6, 6.07) is 16.1. The van der Waals surface area contributed by atoms with E-state index in [0.29, 0.717) is 34.1 Å². The number of anilines is 5. The van der Waals surface area contributed by atoms with Crippen LogP contribution in [-0.2, 0) is 11.3 Å². The van der Waals surface area contributed by atoms with Gasteiger partial charge in [-0.1, -0.05) is 23.7 Å². The van der Waals surface area contributed by atoms with Crippen LogP contribution < -0.4 is 21.7 Å². The molecule has 4 aromatic rings. The molecular formula is C25H24ClFN6O. The average molecular weight is 479 g/mol. The van der Waals surface area contributed by atoms with Gasteiger partial charge in [-0.15, -0.1) is 0 Å². The summed E-state index contributed by atoms with van der Waals surface area (Å²) < 4.78 is 16.1. The van der Waals surface area contributed by atoms with E-state index in [0.717, 1.165) is 28.2 Å². The minimum atomic E-state index is -0.271. The van der Waals surface area contributed by atoms with Crippen molar-refractivity contribution in [1.82, 2.24) is 9.78 Å². The molecule has 0 saturated carbocycles. The van der Waals surface area contributed by atoms with Gasteiger partial charge in [-0.3, -0.25) is 9.48 Å². The Balaban J connectivity index is 1.67. The smallest absolute Gasteiger partial charge is 0.211 e. The highest BCUT2D eigenvalue weighted by atomic mass is 35.5. The fourth-order valence-corrected chi connectivity index (χ4v) is 3.91. The third kappa shape index (κ3) is 4.82. The standard InChI is InChI=1S/C25H24ClFN6O/c1-15-3-4-16(20(27)9-15)13-33-24(7-8-31-33)17-10-19(26)25(28)23(11-17)32-18-5-6-21(30-14-34)22(12-18)29-2/h3-12,14,29,32H,13,28H2,1-2H3,(H,30,34). The molecule has 34 heavy (non-hydrogen) atoms.